The average Bonchev–Trinajstić information content (AvgIpc) is 3.30. The van der Waals surface area contributed by atoms with Crippen LogP contribution in [0.1, 0.15) is 49.0 Å². The molecule has 1 amide bonds. The Morgan fingerprint density at radius 2 is 2.24 bits per heavy atom. The molecule has 0 unspecified atom stereocenters. The first kappa shape index (κ1) is 20.9. The van der Waals surface area contributed by atoms with E-state index in [1.54, 1.807) is 12.1 Å². The van der Waals surface area contributed by atoms with E-state index < -0.39 is 18.5 Å². The van der Waals surface area contributed by atoms with E-state index >= 15 is 0 Å². The molecule has 0 aliphatic heterocycles. The third-order valence-corrected chi connectivity index (χ3v) is 6.30. The summed E-state index contributed by atoms with van der Waals surface area (Å²) in [7, 11) is 0. The zero-order chi connectivity index (χ0) is 21.0. The summed E-state index contributed by atoms with van der Waals surface area (Å²) in [6, 6.07) is 5.63. The Morgan fingerprint density at radius 3 is 2.90 bits per heavy atom. The van der Waals surface area contributed by atoms with Crippen LogP contribution in [0.2, 0.25) is 0 Å². The van der Waals surface area contributed by atoms with Crippen LogP contribution >= 0.6 is 11.3 Å². The van der Waals surface area contributed by atoms with Gasteiger partial charge in [-0.3, -0.25) is 4.79 Å². The number of hydrogen-bond acceptors (Lipinski definition) is 6. The maximum absolute atomic E-state index is 12.2. The van der Waals surface area contributed by atoms with Gasteiger partial charge in [-0.15, -0.1) is 11.3 Å². The maximum Gasteiger partial charge on any atom is 0.331 e. The van der Waals surface area contributed by atoms with Gasteiger partial charge < -0.3 is 14.5 Å². The van der Waals surface area contributed by atoms with Crippen LogP contribution in [-0.4, -0.2) is 18.5 Å². The van der Waals surface area contributed by atoms with Crippen molar-refractivity contribution in [3.63, 3.8) is 0 Å². The summed E-state index contributed by atoms with van der Waals surface area (Å²) in [6.07, 6.45) is 6.96. The van der Waals surface area contributed by atoms with Crippen LogP contribution in [-0.2, 0) is 27.2 Å². The number of anilines is 1. The fourth-order valence-corrected chi connectivity index (χ4v) is 4.71. The molecule has 0 spiro atoms. The van der Waals surface area contributed by atoms with Gasteiger partial charge in [0.05, 0.1) is 11.8 Å². The molecule has 0 bridgehead atoms. The minimum absolute atomic E-state index is 0.204. The molecule has 0 saturated carbocycles. The van der Waals surface area contributed by atoms with Crippen LogP contribution in [0.3, 0.4) is 0 Å². The van der Waals surface area contributed by atoms with Gasteiger partial charge in [-0.25, -0.2) is 4.79 Å². The van der Waals surface area contributed by atoms with Crippen molar-refractivity contribution in [2.24, 2.45) is 11.3 Å². The van der Waals surface area contributed by atoms with E-state index in [2.05, 4.69) is 32.2 Å². The largest absolute Gasteiger partial charge is 0.465 e. The van der Waals surface area contributed by atoms with E-state index in [4.69, 9.17) is 9.15 Å². The molecule has 0 saturated heterocycles. The van der Waals surface area contributed by atoms with Crippen LogP contribution in [0, 0.1) is 22.7 Å². The zero-order valence-electron chi connectivity index (χ0n) is 16.8. The lowest BCUT2D eigenvalue weighted by atomic mass is 9.72. The highest BCUT2D eigenvalue weighted by Crippen LogP contribution is 2.43. The standard InChI is InChI=1S/C22H24N2O4S/c1-22(2,3)14-6-8-16-17(12-23)21(29-18(16)11-14)24-19(25)13-28-20(26)9-7-15-5-4-10-27-15/h4-5,7,9-10,14H,6,8,11,13H2,1-3H3,(H,24,25)/b9-7+/t14-/m0/s1. The van der Waals surface area contributed by atoms with Gasteiger partial charge in [0.1, 0.15) is 16.8 Å². The third kappa shape index (κ3) is 5.15. The lowest BCUT2D eigenvalue weighted by Gasteiger charge is -2.33. The van der Waals surface area contributed by atoms with E-state index in [1.807, 2.05) is 0 Å². The fraction of sp³-hybridized carbons (Fsp3) is 0.409. The maximum atomic E-state index is 12.2. The lowest BCUT2D eigenvalue weighted by Crippen LogP contribution is -2.26. The second kappa shape index (κ2) is 8.66. The highest BCUT2D eigenvalue weighted by atomic mass is 32.1. The first-order valence-corrected chi connectivity index (χ1v) is 10.3. The molecule has 2 heterocycles. The SMILES string of the molecule is CC(C)(C)[C@H]1CCc2c(sc(NC(=O)COC(=O)/C=C/c3ccco3)c2C#N)C1. The molecule has 1 N–H and O–H groups in total. The van der Waals surface area contributed by atoms with Gasteiger partial charge in [-0.05, 0) is 54.4 Å². The van der Waals surface area contributed by atoms with E-state index in [-0.39, 0.29) is 5.41 Å². The number of hydrogen-bond donors (Lipinski definition) is 1. The molecule has 1 aliphatic carbocycles. The van der Waals surface area contributed by atoms with Gasteiger partial charge in [0.2, 0.25) is 0 Å². The number of carbonyl (C=O) groups is 2. The van der Waals surface area contributed by atoms with Crippen molar-refractivity contribution in [1.82, 2.24) is 0 Å². The van der Waals surface area contributed by atoms with Gasteiger partial charge in [-0.2, -0.15) is 5.26 Å². The number of nitriles is 1. The topological polar surface area (TPSA) is 92.3 Å². The fourth-order valence-electron chi connectivity index (χ4n) is 3.42. The molecule has 1 atom stereocenters. The smallest absolute Gasteiger partial charge is 0.331 e. The Balaban J connectivity index is 1.60. The predicted molar refractivity (Wildman–Crippen MR) is 111 cm³/mol. The normalized spacial score (nSPS) is 16.3. The highest BCUT2D eigenvalue weighted by molar-refractivity contribution is 7.16. The average molecular weight is 413 g/mol. The summed E-state index contributed by atoms with van der Waals surface area (Å²) in [5, 5.41) is 12.9. The quantitative estimate of drug-likeness (QED) is 0.574. The summed E-state index contributed by atoms with van der Waals surface area (Å²) < 4.78 is 10.0. The molecule has 1 aliphatic rings. The first-order chi connectivity index (χ1) is 13.8. The van der Waals surface area contributed by atoms with E-state index in [9.17, 15) is 14.9 Å². The number of furan rings is 1. The number of rotatable bonds is 5. The van der Waals surface area contributed by atoms with Gasteiger partial charge in [0.15, 0.2) is 6.61 Å². The second-order valence-corrected chi connectivity index (χ2v) is 9.24. The Bertz CT molecular complexity index is 958. The second-order valence-electron chi connectivity index (χ2n) is 8.13. The van der Waals surface area contributed by atoms with Crippen molar-refractivity contribution in [2.75, 3.05) is 11.9 Å². The molecule has 0 radical (unpaired) electrons. The molecule has 3 rings (SSSR count). The van der Waals surface area contributed by atoms with E-state index in [1.165, 1.54) is 34.6 Å². The van der Waals surface area contributed by atoms with Gasteiger partial charge in [-0.1, -0.05) is 20.8 Å². The van der Waals surface area contributed by atoms with Crippen molar-refractivity contribution in [1.29, 1.82) is 5.26 Å². The summed E-state index contributed by atoms with van der Waals surface area (Å²) in [6.45, 7) is 6.29. The van der Waals surface area contributed by atoms with Crippen molar-refractivity contribution in [2.45, 2.75) is 40.0 Å². The zero-order valence-corrected chi connectivity index (χ0v) is 17.6. The molecule has 29 heavy (non-hydrogen) atoms. The Kier molecular flexibility index (Phi) is 6.23. The number of nitrogens with zero attached hydrogens (tertiary/aromatic N) is 1. The summed E-state index contributed by atoms with van der Waals surface area (Å²) in [4.78, 5) is 25.1. The molecule has 2 aromatic rings. The van der Waals surface area contributed by atoms with Gasteiger partial charge in [0.25, 0.3) is 5.91 Å². The third-order valence-electron chi connectivity index (χ3n) is 5.13. The Morgan fingerprint density at radius 1 is 1.45 bits per heavy atom. The molecule has 2 aromatic heterocycles. The van der Waals surface area contributed by atoms with Crippen molar-refractivity contribution < 1.29 is 18.7 Å². The summed E-state index contributed by atoms with van der Waals surface area (Å²) in [5.41, 5.74) is 1.79. The van der Waals surface area contributed by atoms with Crippen LogP contribution in [0.25, 0.3) is 6.08 Å². The van der Waals surface area contributed by atoms with Crippen molar-refractivity contribution in [3.05, 3.63) is 46.2 Å². The number of fused-ring (bicyclic) bond motifs is 1. The predicted octanol–water partition coefficient (Wildman–Crippen LogP) is 4.56. The van der Waals surface area contributed by atoms with Gasteiger partial charge >= 0.3 is 5.97 Å². The number of amides is 1. The molecular weight excluding hydrogens is 388 g/mol. The first-order valence-electron chi connectivity index (χ1n) is 9.50. The minimum atomic E-state index is -0.643. The lowest BCUT2D eigenvalue weighted by molar-refractivity contribution is -0.142. The van der Waals surface area contributed by atoms with Crippen molar-refractivity contribution >= 4 is 34.3 Å². The molecule has 152 valence electrons. The molecule has 0 aromatic carbocycles. The number of nitrogens with one attached hydrogen (secondary N) is 1. The minimum Gasteiger partial charge on any atom is -0.465 e. The number of ether oxygens (including phenoxy) is 1. The van der Waals surface area contributed by atoms with E-state index in [0.29, 0.717) is 22.2 Å². The molecule has 6 nitrogen and oxygen atoms in total. The molecule has 7 heteroatoms. The van der Waals surface area contributed by atoms with Crippen LogP contribution in [0.4, 0.5) is 5.00 Å². The van der Waals surface area contributed by atoms with Crippen LogP contribution in [0.15, 0.2) is 28.9 Å². The van der Waals surface area contributed by atoms with Crippen LogP contribution in [0.5, 0.6) is 0 Å². The molecule has 0 fully saturated rings. The molecular formula is C22H24N2O4S. The monoisotopic (exact) mass is 412 g/mol. The Hall–Kier alpha value is -2.85. The Labute approximate surface area is 174 Å². The van der Waals surface area contributed by atoms with E-state index in [0.717, 1.165) is 24.8 Å². The summed E-state index contributed by atoms with van der Waals surface area (Å²) >= 11 is 1.46. The number of esters is 1. The number of thiophene rings is 1. The number of carbonyl (C=O) groups excluding carboxylic acids is 2. The summed E-state index contributed by atoms with van der Waals surface area (Å²) in [5.74, 6) is -0.0452. The van der Waals surface area contributed by atoms with Gasteiger partial charge in [0, 0.05) is 11.0 Å². The van der Waals surface area contributed by atoms with Crippen LogP contribution < -0.4 is 5.32 Å². The van der Waals surface area contributed by atoms with Crippen molar-refractivity contribution in [3.8, 4) is 6.07 Å². The highest BCUT2D eigenvalue weighted by Gasteiger charge is 2.32.